The molecule has 14 heteroatoms. The highest BCUT2D eigenvalue weighted by atomic mass is 32.1. The van der Waals surface area contributed by atoms with Gasteiger partial charge in [0.1, 0.15) is 23.8 Å². The molecule has 0 saturated carbocycles. The van der Waals surface area contributed by atoms with Gasteiger partial charge in [0.05, 0.1) is 59.2 Å². The molecule has 5 rings (SSSR count). The van der Waals surface area contributed by atoms with Crippen LogP contribution in [0.25, 0.3) is 31.8 Å². The second kappa shape index (κ2) is 12.4. The van der Waals surface area contributed by atoms with Crippen LogP contribution >= 0.6 is 11.3 Å². The van der Waals surface area contributed by atoms with E-state index in [0.29, 0.717) is 32.1 Å². The number of ether oxygens (including phenoxy) is 4. The van der Waals surface area contributed by atoms with Crippen molar-refractivity contribution in [2.45, 2.75) is 33.0 Å². The van der Waals surface area contributed by atoms with Gasteiger partial charge in [-0.25, -0.2) is 34.1 Å². The SMILES string of the molecule is COc1cnc2c(-c3nc4cc(F)c(O[C@@H](C)[C@@H](C)OC(=O)Nc5cnc(OCCO)nc5)cc4s3)cc(C)cc2n1. The molecule has 0 aliphatic heterocycles. The number of amides is 1. The Morgan fingerprint density at radius 2 is 1.83 bits per heavy atom. The molecule has 0 aliphatic carbocycles. The van der Waals surface area contributed by atoms with E-state index < -0.39 is 24.1 Å². The van der Waals surface area contributed by atoms with Gasteiger partial charge in [0.25, 0.3) is 0 Å². The minimum absolute atomic E-state index is 0.00607. The summed E-state index contributed by atoms with van der Waals surface area (Å²) < 4.78 is 37.3. The van der Waals surface area contributed by atoms with Gasteiger partial charge in [0.2, 0.25) is 5.88 Å². The van der Waals surface area contributed by atoms with Crippen LogP contribution in [0.2, 0.25) is 0 Å². The van der Waals surface area contributed by atoms with Crippen LogP contribution in [0, 0.1) is 12.7 Å². The first-order valence-corrected chi connectivity index (χ1v) is 13.7. The lowest BCUT2D eigenvalue weighted by Gasteiger charge is -2.22. The highest BCUT2D eigenvalue weighted by Crippen LogP contribution is 2.37. The van der Waals surface area contributed by atoms with E-state index in [9.17, 15) is 4.79 Å². The van der Waals surface area contributed by atoms with Crippen LogP contribution in [0.5, 0.6) is 17.6 Å². The van der Waals surface area contributed by atoms with Crippen molar-refractivity contribution < 1.29 is 33.2 Å². The largest absolute Gasteiger partial charge is 0.484 e. The zero-order chi connectivity index (χ0) is 29.8. The molecule has 2 atom stereocenters. The number of thiazole rings is 1. The third-order valence-corrected chi connectivity index (χ3v) is 7.17. The fourth-order valence-corrected chi connectivity index (χ4v) is 4.94. The summed E-state index contributed by atoms with van der Waals surface area (Å²) in [4.78, 5) is 33.9. The van der Waals surface area contributed by atoms with Gasteiger partial charge in [0.15, 0.2) is 11.6 Å². The maximum atomic E-state index is 15.1. The van der Waals surface area contributed by atoms with Crippen LogP contribution in [0.3, 0.4) is 0 Å². The first-order valence-electron chi connectivity index (χ1n) is 12.9. The molecule has 2 aromatic carbocycles. The number of benzene rings is 2. The zero-order valence-corrected chi connectivity index (χ0v) is 23.9. The van der Waals surface area contributed by atoms with Gasteiger partial charge in [0, 0.05) is 17.7 Å². The van der Waals surface area contributed by atoms with Gasteiger partial charge in [-0.15, -0.1) is 11.3 Å². The smallest absolute Gasteiger partial charge is 0.412 e. The Kier molecular flexibility index (Phi) is 8.54. The number of halogens is 1. The van der Waals surface area contributed by atoms with Gasteiger partial charge < -0.3 is 24.1 Å². The maximum Gasteiger partial charge on any atom is 0.412 e. The second-order valence-corrected chi connectivity index (χ2v) is 10.3. The van der Waals surface area contributed by atoms with Gasteiger partial charge >= 0.3 is 12.1 Å². The van der Waals surface area contributed by atoms with E-state index in [1.54, 1.807) is 26.1 Å². The lowest BCUT2D eigenvalue weighted by Crippen LogP contribution is -2.32. The molecule has 0 radical (unpaired) electrons. The molecule has 12 nitrogen and oxygen atoms in total. The maximum absolute atomic E-state index is 15.1. The number of aliphatic hydroxyl groups is 1. The number of methoxy groups -OCH3 is 1. The lowest BCUT2D eigenvalue weighted by atomic mass is 10.1. The van der Waals surface area contributed by atoms with Crippen LogP contribution in [0.15, 0.2) is 42.9 Å². The molecule has 0 saturated heterocycles. The van der Waals surface area contributed by atoms with E-state index in [1.807, 2.05) is 19.1 Å². The molecule has 3 heterocycles. The summed E-state index contributed by atoms with van der Waals surface area (Å²) >= 11 is 1.37. The van der Waals surface area contributed by atoms with Crippen molar-refractivity contribution >= 4 is 44.4 Å². The lowest BCUT2D eigenvalue weighted by molar-refractivity contribution is 0.0402. The van der Waals surface area contributed by atoms with Crippen molar-refractivity contribution in [3.63, 3.8) is 0 Å². The average molecular weight is 595 g/mol. The predicted octanol–water partition coefficient (Wildman–Crippen LogP) is 4.93. The number of carbonyl (C=O) groups excluding carboxylic acids is 1. The van der Waals surface area contributed by atoms with Crippen molar-refractivity contribution in [2.24, 2.45) is 0 Å². The Hall–Kier alpha value is -4.69. The number of nitrogens with zero attached hydrogens (tertiary/aromatic N) is 5. The number of anilines is 1. The number of hydrogen-bond acceptors (Lipinski definition) is 12. The molecule has 0 bridgehead atoms. The summed E-state index contributed by atoms with van der Waals surface area (Å²) in [5.74, 6) is -0.182. The van der Waals surface area contributed by atoms with E-state index in [1.165, 1.54) is 36.9 Å². The number of fused-ring (bicyclic) bond motifs is 2. The summed E-state index contributed by atoms with van der Waals surface area (Å²) in [7, 11) is 1.53. The number of aromatic nitrogens is 5. The standard InChI is InChI=1S/C28H27FN6O6S/c1-14-7-18(25-21(8-14)34-24(38-4)13-30-25)26-35-20-9-19(29)22(10-23(20)42-26)40-15(2)16(3)41-28(37)33-17-11-31-27(32-12-17)39-6-5-36/h7-13,15-16,36H,5-6H2,1-4H3,(H,33,37)/t15-,16+/m0/s1. The van der Waals surface area contributed by atoms with Gasteiger partial charge in [-0.1, -0.05) is 0 Å². The average Bonchev–Trinajstić information content (AvgIpc) is 3.38. The molecule has 218 valence electrons. The Labute approximate surface area is 243 Å². The van der Waals surface area contributed by atoms with Crippen molar-refractivity contribution in [1.29, 1.82) is 0 Å². The Morgan fingerprint density at radius 1 is 1.05 bits per heavy atom. The quantitative estimate of drug-likeness (QED) is 0.227. The van der Waals surface area contributed by atoms with E-state index in [2.05, 4.69) is 30.2 Å². The number of aliphatic hydroxyl groups excluding tert-OH is 1. The number of hydrogen-bond donors (Lipinski definition) is 2. The van der Waals surface area contributed by atoms with E-state index in [4.69, 9.17) is 24.1 Å². The van der Waals surface area contributed by atoms with Crippen LogP contribution < -0.4 is 19.5 Å². The third kappa shape index (κ3) is 6.44. The Balaban J connectivity index is 1.28. The van der Waals surface area contributed by atoms with Crippen molar-refractivity contribution in [3.05, 3.63) is 54.2 Å². The fourth-order valence-electron chi connectivity index (χ4n) is 3.94. The number of nitrogens with one attached hydrogen (secondary N) is 1. The molecule has 0 unspecified atom stereocenters. The minimum atomic E-state index is -0.764. The fraction of sp³-hybridized carbons (Fsp3) is 0.286. The van der Waals surface area contributed by atoms with E-state index in [-0.39, 0.29) is 30.7 Å². The van der Waals surface area contributed by atoms with Crippen molar-refractivity contribution in [2.75, 3.05) is 25.6 Å². The summed E-state index contributed by atoms with van der Waals surface area (Å²) in [5.41, 5.74) is 3.83. The molecule has 42 heavy (non-hydrogen) atoms. The Bertz CT molecular complexity index is 1730. The van der Waals surface area contributed by atoms with Crippen LogP contribution in [-0.2, 0) is 4.74 Å². The first-order chi connectivity index (χ1) is 20.2. The van der Waals surface area contributed by atoms with Crippen molar-refractivity contribution in [3.8, 4) is 28.2 Å². The number of aryl methyl sites for hydroxylation is 1. The highest BCUT2D eigenvalue weighted by Gasteiger charge is 2.22. The van der Waals surface area contributed by atoms with Gasteiger partial charge in [-0.3, -0.25) is 5.32 Å². The molecule has 2 N–H and O–H groups in total. The Morgan fingerprint density at radius 3 is 2.57 bits per heavy atom. The summed E-state index contributed by atoms with van der Waals surface area (Å²) in [6, 6.07) is 6.84. The zero-order valence-electron chi connectivity index (χ0n) is 23.1. The molecular weight excluding hydrogens is 567 g/mol. The topological polar surface area (TPSA) is 151 Å². The first kappa shape index (κ1) is 28.8. The summed E-state index contributed by atoms with van der Waals surface area (Å²) in [5, 5.41) is 12.0. The number of rotatable bonds is 10. The second-order valence-electron chi connectivity index (χ2n) is 9.25. The van der Waals surface area contributed by atoms with Crippen LogP contribution in [-0.4, -0.2) is 68.7 Å². The number of carbonyl (C=O) groups is 1. The molecule has 3 aromatic heterocycles. The minimum Gasteiger partial charge on any atom is -0.484 e. The molecular formula is C28H27FN6O6S. The van der Waals surface area contributed by atoms with E-state index in [0.717, 1.165) is 11.1 Å². The molecule has 5 aromatic rings. The third-order valence-electron chi connectivity index (χ3n) is 6.11. The summed E-state index contributed by atoms with van der Waals surface area (Å²) in [6.45, 7) is 5.13. The van der Waals surface area contributed by atoms with E-state index >= 15 is 4.39 Å². The van der Waals surface area contributed by atoms with Crippen LogP contribution in [0.1, 0.15) is 19.4 Å². The normalized spacial score (nSPS) is 12.6. The van der Waals surface area contributed by atoms with Crippen molar-refractivity contribution in [1.82, 2.24) is 24.9 Å². The van der Waals surface area contributed by atoms with Gasteiger partial charge in [-0.2, -0.15) is 0 Å². The molecule has 0 aliphatic rings. The highest BCUT2D eigenvalue weighted by molar-refractivity contribution is 7.21. The van der Waals surface area contributed by atoms with Gasteiger partial charge in [-0.05, 0) is 38.5 Å². The molecule has 0 fully saturated rings. The monoisotopic (exact) mass is 594 g/mol. The molecule has 0 spiro atoms. The van der Waals surface area contributed by atoms with Crippen LogP contribution in [0.4, 0.5) is 14.9 Å². The summed E-state index contributed by atoms with van der Waals surface area (Å²) in [6.07, 6.45) is 2.03. The molecule has 1 amide bonds. The predicted molar refractivity (Wildman–Crippen MR) is 154 cm³/mol.